The Bertz CT molecular complexity index is 399. The number of aromatic nitrogens is 2. The van der Waals surface area contributed by atoms with E-state index in [-0.39, 0.29) is 12.2 Å². The summed E-state index contributed by atoms with van der Waals surface area (Å²) in [6, 6.07) is 0. The molecule has 5 nitrogen and oxygen atoms in total. The van der Waals surface area contributed by atoms with Crippen LogP contribution >= 0.6 is 15.9 Å². The minimum Gasteiger partial charge on any atom is -0.350 e. The Hall–Kier alpha value is -0.720. The number of nitrogens with zero attached hydrogens (tertiary/aromatic N) is 2. The molecule has 0 aromatic carbocycles. The largest absolute Gasteiger partial charge is 0.350 e. The maximum atomic E-state index is 12.1. The highest BCUT2D eigenvalue weighted by Gasteiger charge is 2.24. The number of ether oxygens (including phenoxy) is 2. The minimum atomic E-state index is -0.403. The summed E-state index contributed by atoms with van der Waals surface area (Å²) >= 11 is 3.35. The fourth-order valence-corrected chi connectivity index (χ4v) is 2.31. The highest BCUT2D eigenvalue weighted by Crippen LogP contribution is 2.20. The van der Waals surface area contributed by atoms with Crippen molar-refractivity contribution in [2.75, 3.05) is 13.2 Å². The van der Waals surface area contributed by atoms with E-state index in [9.17, 15) is 4.79 Å². The van der Waals surface area contributed by atoms with Crippen molar-refractivity contribution in [3.05, 3.63) is 16.4 Å². The summed E-state index contributed by atoms with van der Waals surface area (Å²) in [6.07, 6.45) is 2.43. The second kappa shape index (κ2) is 5.75. The lowest BCUT2D eigenvalue weighted by atomic mass is 10.2. The topological polar surface area (TPSA) is 53.4 Å². The molecule has 0 unspecified atom stereocenters. The molecule has 6 heteroatoms. The lowest BCUT2D eigenvalue weighted by Crippen LogP contribution is -2.18. The Morgan fingerprint density at radius 2 is 2.29 bits per heavy atom. The molecular formula is C11H15BrN2O3. The molecule has 2 heterocycles. The van der Waals surface area contributed by atoms with Gasteiger partial charge in [0.25, 0.3) is 0 Å². The van der Waals surface area contributed by atoms with Gasteiger partial charge in [0.2, 0.25) is 0 Å². The molecule has 1 aromatic rings. The first-order valence-electron chi connectivity index (χ1n) is 5.70. The molecule has 0 saturated carbocycles. The second-order valence-electron chi connectivity index (χ2n) is 3.86. The zero-order valence-electron chi connectivity index (χ0n) is 9.69. The lowest BCUT2D eigenvalue weighted by Gasteiger charge is -2.09. The molecule has 0 amide bonds. The Kier molecular flexibility index (Phi) is 4.31. The van der Waals surface area contributed by atoms with Crippen LogP contribution in [0.25, 0.3) is 0 Å². The van der Waals surface area contributed by atoms with Crippen molar-refractivity contribution in [1.82, 2.24) is 9.78 Å². The number of Topliss-reactive ketones (excluding diaryl/α,β-unsaturated/α-hetero) is 1. The zero-order chi connectivity index (χ0) is 12.3. The van der Waals surface area contributed by atoms with Gasteiger partial charge >= 0.3 is 0 Å². The van der Waals surface area contributed by atoms with E-state index in [1.54, 1.807) is 10.9 Å². The van der Waals surface area contributed by atoms with Crippen LogP contribution < -0.4 is 0 Å². The number of halogens is 1. The number of hydrogen-bond donors (Lipinski definition) is 0. The van der Waals surface area contributed by atoms with Crippen LogP contribution in [-0.4, -0.2) is 35.1 Å². The molecule has 2 rings (SSSR count). The standard InChI is InChI=1S/C11H15BrN2O3/c1-2-3-14-11(8(12)7-13-14)9(15)6-10-16-4-5-17-10/h7,10H,2-6H2,1H3. The Balaban J connectivity index is 2.09. The maximum Gasteiger partial charge on any atom is 0.187 e. The van der Waals surface area contributed by atoms with Gasteiger partial charge in [-0.1, -0.05) is 6.92 Å². The van der Waals surface area contributed by atoms with E-state index in [4.69, 9.17) is 9.47 Å². The molecule has 1 aliphatic rings. The van der Waals surface area contributed by atoms with Crippen LogP contribution in [0.1, 0.15) is 30.3 Å². The van der Waals surface area contributed by atoms with Gasteiger partial charge in [-0.15, -0.1) is 0 Å². The molecule has 0 bridgehead atoms. The molecular weight excluding hydrogens is 288 g/mol. The fourth-order valence-electron chi connectivity index (χ4n) is 1.79. The van der Waals surface area contributed by atoms with Gasteiger partial charge in [-0.25, -0.2) is 0 Å². The van der Waals surface area contributed by atoms with E-state index in [2.05, 4.69) is 21.0 Å². The number of aryl methyl sites for hydroxylation is 1. The van der Waals surface area contributed by atoms with Gasteiger partial charge in [0, 0.05) is 6.54 Å². The Labute approximate surface area is 108 Å². The van der Waals surface area contributed by atoms with Crippen LogP contribution in [0, 0.1) is 0 Å². The van der Waals surface area contributed by atoms with Crippen molar-refractivity contribution in [2.45, 2.75) is 32.6 Å². The monoisotopic (exact) mass is 302 g/mol. The van der Waals surface area contributed by atoms with Crippen LogP contribution in [0.15, 0.2) is 10.7 Å². The van der Waals surface area contributed by atoms with Gasteiger partial charge in [0.1, 0.15) is 5.69 Å². The van der Waals surface area contributed by atoms with E-state index in [0.29, 0.717) is 18.9 Å². The highest BCUT2D eigenvalue weighted by molar-refractivity contribution is 9.10. The van der Waals surface area contributed by atoms with Gasteiger partial charge in [-0.3, -0.25) is 9.48 Å². The molecule has 0 N–H and O–H groups in total. The molecule has 1 fully saturated rings. The van der Waals surface area contributed by atoms with E-state index in [1.165, 1.54) is 0 Å². The smallest absolute Gasteiger partial charge is 0.187 e. The van der Waals surface area contributed by atoms with Gasteiger partial charge < -0.3 is 9.47 Å². The van der Waals surface area contributed by atoms with E-state index >= 15 is 0 Å². The van der Waals surface area contributed by atoms with Crippen molar-refractivity contribution in [3.63, 3.8) is 0 Å². The summed E-state index contributed by atoms with van der Waals surface area (Å²) in [5.41, 5.74) is 0.603. The van der Waals surface area contributed by atoms with Crippen molar-refractivity contribution in [2.24, 2.45) is 0 Å². The first-order chi connectivity index (χ1) is 8.22. The third kappa shape index (κ3) is 2.94. The third-order valence-corrected chi connectivity index (χ3v) is 3.12. The summed E-state index contributed by atoms with van der Waals surface area (Å²) in [6.45, 7) is 3.91. The SMILES string of the molecule is CCCn1ncc(Br)c1C(=O)CC1OCCO1. The number of hydrogen-bond acceptors (Lipinski definition) is 4. The number of rotatable bonds is 5. The molecule has 1 saturated heterocycles. The first-order valence-corrected chi connectivity index (χ1v) is 6.49. The number of ketones is 1. The highest BCUT2D eigenvalue weighted by atomic mass is 79.9. The molecule has 0 radical (unpaired) electrons. The summed E-state index contributed by atoms with van der Waals surface area (Å²) in [5.74, 6) is -0.00488. The summed E-state index contributed by atoms with van der Waals surface area (Å²) in [5, 5.41) is 4.17. The van der Waals surface area contributed by atoms with Gasteiger partial charge in [-0.2, -0.15) is 5.10 Å². The molecule has 94 valence electrons. The van der Waals surface area contributed by atoms with Gasteiger partial charge in [-0.05, 0) is 22.4 Å². The molecule has 1 aromatic heterocycles. The van der Waals surface area contributed by atoms with Crippen LogP contribution in [0.5, 0.6) is 0 Å². The number of carbonyl (C=O) groups excluding carboxylic acids is 1. The summed E-state index contributed by atoms with van der Waals surface area (Å²) < 4.78 is 13.0. The average molecular weight is 303 g/mol. The predicted molar refractivity (Wildman–Crippen MR) is 64.9 cm³/mol. The van der Waals surface area contributed by atoms with Crippen molar-refractivity contribution >= 4 is 21.7 Å². The second-order valence-corrected chi connectivity index (χ2v) is 4.72. The summed E-state index contributed by atoms with van der Waals surface area (Å²) in [4.78, 5) is 12.1. The van der Waals surface area contributed by atoms with Crippen molar-refractivity contribution in [1.29, 1.82) is 0 Å². The normalized spacial score (nSPS) is 16.6. The molecule has 17 heavy (non-hydrogen) atoms. The van der Waals surface area contributed by atoms with E-state index in [0.717, 1.165) is 17.4 Å². The van der Waals surface area contributed by atoms with Crippen LogP contribution in [0.4, 0.5) is 0 Å². The fraction of sp³-hybridized carbons (Fsp3) is 0.636. The Morgan fingerprint density at radius 1 is 1.59 bits per heavy atom. The molecule has 1 aliphatic heterocycles. The van der Waals surface area contributed by atoms with Crippen molar-refractivity contribution in [3.8, 4) is 0 Å². The first kappa shape index (κ1) is 12.7. The quantitative estimate of drug-likeness (QED) is 0.781. The van der Waals surface area contributed by atoms with Crippen LogP contribution in [0.3, 0.4) is 0 Å². The zero-order valence-corrected chi connectivity index (χ0v) is 11.3. The van der Waals surface area contributed by atoms with Gasteiger partial charge in [0.05, 0.1) is 30.3 Å². The maximum absolute atomic E-state index is 12.1. The predicted octanol–water partition coefficient (Wildman–Crippen LogP) is 2.00. The van der Waals surface area contributed by atoms with E-state index < -0.39 is 6.29 Å². The third-order valence-electron chi connectivity index (χ3n) is 2.54. The average Bonchev–Trinajstić information content (AvgIpc) is 2.89. The molecule has 0 spiro atoms. The summed E-state index contributed by atoms with van der Waals surface area (Å²) in [7, 11) is 0. The van der Waals surface area contributed by atoms with Crippen molar-refractivity contribution < 1.29 is 14.3 Å². The molecule has 0 atom stereocenters. The lowest BCUT2D eigenvalue weighted by molar-refractivity contribution is -0.0409. The Morgan fingerprint density at radius 3 is 2.94 bits per heavy atom. The van der Waals surface area contributed by atoms with Crippen LogP contribution in [-0.2, 0) is 16.0 Å². The van der Waals surface area contributed by atoms with E-state index in [1.807, 2.05) is 6.92 Å². The number of carbonyl (C=O) groups is 1. The minimum absolute atomic E-state index is 0.00488. The van der Waals surface area contributed by atoms with Gasteiger partial charge in [0.15, 0.2) is 12.1 Å². The van der Waals surface area contributed by atoms with Crippen LogP contribution in [0.2, 0.25) is 0 Å². The molecule has 0 aliphatic carbocycles.